The standard InChI is InChI=1S/C27H25F2N3O4S2/c1-17-14-31(15-18(2)36-17)38(34,35)22-10-8-20(9-11-22)26(33)32(16-19-6-4-3-5-7-19)27-30-25-23(29)12-21(28)13-24(25)37-27/h3-13,17-18H,14-16H2,1-2H3. The van der Waals surface area contributed by atoms with Gasteiger partial charge in [0.15, 0.2) is 10.9 Å². The van der Waals surface area contributed by atoms with Gasteiger partial charge in [-0.15, -0.1) is 0 Å². The Bertz CT molecular complexity index is 1570. The van der Waals surface area contributed by atoms with E-state index < -0.39 is 27.6 Å². The smallest absolute Gasteiger partial charge is 0.260 e. The van der Waals surface area contributed by atoms with E-state index in [1.165, 1.54) is 39.5 Å². The number of fused-ring (bicyclic) bond motifs is 1. The summed E-state index contributed by atoms with van der Waals surface area (Å²) in [6.45, 7) is 4.26. The summed E-state index contributed by atoms with van der Waals surface area (Å²) < 4.78 is 61.9. The number of hydrogen-bond donors (Lipinski definition) is 0. The van der Waals surface area contributed by atoms with E-state index in [0.717, 1.165) is 23.0 Å². The average Bonchev–Trinajstić information content (AvgIpc) is 3.31. The minimum Gasteiger partial charge on any atom is -0.373 e. The molecule has 0 bridgehead atoms. The molecule has 38 heavy (non-hydrogen) atoms. The molecule has 5 rings (SSSR count). The summed E-state index contributed by atoms with van der Waals surface area (Å²) >= 11 is 1.00. The second-order valence-corrected chi connectivity index (χ2v) is 12.2. The molecule has 11 heteroatoms. The maximum Gasteiger partial charge on any atom is 0.260 e. The molecule has 2 heterocycles. The van der Waals surface area contributed by atoms with E-state index >= 15 is 0 Å². The fourth-order valence-electron chi connectivity index (χ4n) is 4.45. The molecule has 1 amide bonds. The molecule has 198 valence electrons. The van der Waals surface area contributed by atoms with Gasteiger partial charge in [0, 0.05) is 24.7 Å². The summed E-state index contributed by atoms with van der Waals surface area (Å²) in [5.41, 5.74) is 1.02. The van der Waals surface area contributed by atoms with Crippen molar-refractivity contribution < 1.29 is 26.7 Å². The maximum atomic E-state index is 14.4. The van der Waals surface area contributed by atoms with Crippen molar-refractivity contribution >= 4 is 42.6 Å². The van der Waals surface area contributed by atoms with E-state index in [1.54, 1.807) is 0 Å². The van der Waals surface area contributed by atoms with Gasteiger partial charge in [0.25, 0.3) is 5.91 Å². The molecule has 1 aromatic heterocycles. The number of hydrogen-bond acceptors (Lipinski definition) is 6. The topological polar surface area (TPSA) is 79.8 Å². The summed E-state index contributed by atoms with van der Waals surface area (Å²) in [6, 6.07) is 16.8. The predicted octanol–water partition coefficient (Wildman–Crippen LogP) is 5.22. The van der Waals surface area contributed by atoms with Gasteiger partial charge < -0.3 is 4.74 Å². The number of rotatable bonds is 6. The third-order valence-corrected chi connectivity index (χ3v) is 9.06. The van der Waals surface area contributed by atoms with Crippen LogP contribution in [-0.2, 0) is 21.3 Å². The first-order chi connectivity index (χ1) is 18.1. The van der Waals surface area contributed by atoms with Gasteiger partial charge in [-0.05, 0) is 49.7 Å². The Balaban J connectivity index is 1.47. The summed E-state index contributed by atoms with van der Waals surface area (Å²) in [5.74, 6) is -1.99. The van der Waals surface area contributed by atoms with E-state index in [4.69, 9.17) is 4.74 Å². The normalized spacial score (nSPS) is 18.5. The predicted molar refractivity (Wildman–Crippen MR) is 142 cm³/mol. The summed E-state index contributed by atoms with van der Waals surface area (Å²) in [6.07, 6.45) is -0.457. The van der Waals surface area contributed by atoms with Crippen molar-refractivity contribution in [2.75, 3.05) is 18.0 Å². The van der Waals surface area contributed by atoms with Gasteiger partial charge in [0.2, 0.25) is 10.0 Å². The van der Waals surface area contributed by atoms with Crippen molar-refractivity contribution in [1.82, 2.24) is 9.29 Å². The highest BCUT2D eigenvalue weighted by molar-refractivity contribution is 7.89. The number of nitrogens with zero attached hydrogens (tertiary/aromatic N) is 3. The highest BCUT2D eigenvalue weighted by atomic mass is 32.2. The third-order valence-electron chi connectivity index (χ3n) is 6.19. The molecule has 3 aromatic carbocycles. The Morgan fingerprint density at radius 2 is 1.71 bits per heavy atom. The molecule has 0 spiro atoms. The number of carbonyl (C=O) groups excluding carboxylic acids is 1. The van der Waals surface area contributed by atoms with E-state index in [2.05, 4.69) is 4.98 Å². The second-order valence-electron chi connectivity index (χ2n) is 9.21. The van der Waals surface area contributed by atoms with Gasteiger partial charge in [-0.25, -0.2) is 22.2 Å². The molecule has 0 saturated carbocycles. The second kappa shape index (κ2) is 10.5. The number of ether oxygens (including phenoxy) is 1. The van der Waals surface area contributed by atoms with Crippen molar-refractivity contribution in [3.05, 3.63) is 89.5 Å². The van der Waals surface area contributed by atoms with E-state index in [0.29, 0.717) is 0 Å². The Hall–Kier alpha value is -3.25. The lowest BCUT2D eigenvalue weighted by Gasteiger charge is -2.34. The first-order valence-corrected chi connectivity index (χ1v) is 14.2. The molecule has 0 N–H and O–H groups in total. The zero-order chi connectivity index (χ0) is 27.0. The lowest BCUT2D eigenvalue weighted by Crippen LogP contribution is -2.48. The summed E-state index contributed by atoms with van der Waals surface area (Å²) in [7, 11) is -3.78. The summed E-state index contributed by atoms with van der Waals surface area (Å²) in [4.78, 5) is 19.4. The van der Waals surface area contributed by atoms with Gasteiger partial charge in [-0.1, -0.05) is 41.7 Å². The van der Waals surface area contributed by atoms with Crippen LogP contribution in [0.25, 0.3) is 10.2 Å². The molecule has 1 aliphatic rings. The average molecular weight is 558 g/mol. The minimum atomic E-state index is -3.78. The van der Waals surface area contributed by atoms with Crippen LogP contribution in [0.1, 0.15) is 29.8 Å². The number of morpholine rings is 1. The maximum absolute atomic E-state index is 14.4. The quantitative estimate of drug-likeness (QED) is 0.325. The fraction of sp³-hybridized carbons (Fsp3) is 0.259. The highest BCUT2D eigenvalue weighted by Crippen LogP contribution is 2.33. The summed E-state index contributed by atoms with van der Waals surface area (Å²) in [5, 5.41) is 0.200. The molecular formula is C27H25F2N3O4S2. The lowest BCUT2D eigenvalue weighted by atomic mass is 10.1. The molecule has 7 nitrogen and oxygen atoms in total. The zero-order valence-corrected chi connectivity index (χ0v) is 22.3. The number of carbonyl (C=O) groups is 1. The van der Waals surface area contributed by atoms with E-state index in [1.807, 2.05) is 44.2 Å². The third kappa shape index (κ3) is 5.32. The molecule has 1 saturated heterocycles. The van der Waals surface area contributed by atoms with Crippen LogP contribution in [-0.4, -0.2) is 48.9 Å². The molecule has 2 unspecified atom stereocenters. The Morgan fingerprint density at radius 1 is 1.05 bits per heavy atom. The van der Waals surface area contributed by atoms with E-state index in [-0.39, 0.29) is 57.6 Å². The van der Waals surface area contributed by atoms with Crippen molar-refractivity contribution in [1.29, 1.82) is 0 Å². The first-order valence-electron chi connectivity index (χ1n) is 12.0. The van der Waals surface area contributed by atoms with Crippen LogP contribution in [0.15, 0.2) is 71.6 Å². The van der Waals surface area contributed by atoms with Crippen LogP contribution in [0.5, 0.6) is 0 Å². The van der Waals surface area contributed by atoms with Crippen molar-refractivity contribution in [3.63, 3.8) is 0 Å². The number of sulfonamides is 1. The lowest BCUT2D eigenvalue weighted by molar-refractivity contribution is -0.0440. The SMILES string of the molecule is CC1CN(S(=O)(=O)c2ccc(C(=O)N(Cc3ccccc3)c3nc4c(F)cc(F)cc4s3)cc2)CC(C)O1. The van der Waals surface area contributed by atoms with Gasteiger partial charge in [0.05, 0.1) is 28.3 Å². The van der Waals surface area contributed by atoms with Gasteiger partial charge in [0.1, 0.15) is 11.3 Å². The highest BCUT2D eigenvalue weighted by Gasteiger charge is 2.32. The van der Waals surface area contributed by atoms with Crippen LogP contribution in [0, 0.1) is 11.6 Å². The molecular weight excluding hydrogens is 532 g/mol. The number of halogens is 2. The molecule has 0 radical (unpaired) electrons. The number of aromatic nitrogens is 1. The van der Waals surface area contributed by atoms with Crippen LogP contribution < -0.4 is 4.90 Å². The number of amides is 1. The number of anilines is 1. The zero-order valence-electron chi connectivity index (χ0n) is 20.7. The first kappa shape index (κ1) is 26.4. The minimum absolute atomic E-state index is 0.0207. The van der Waals surface area contributed by atoms with E-state index in [9.17, 15) is 22.0 Å². The Kier molecular flexibility index (Phi) is 7.28. The largest absolute Gasteiger partial charge is 0.373 e. The molecule has 1 fully saturated rings. The Labute approximate surface area is 223 Å². The van der Waals surface area contributed by atoms with Crippen LogP contribution >= 0.6 is 11.3 Å². The number of thiazole rings is 1. The van der Waals surface area contributed by atoms with Crippen molar-refractivity contribution in [2.45, 2.75) is 37.5 Å². The van der Waals surface area contributed by atoms with Crippen LogP contribution in [0.3, 0.4) is 0 Å². The van der Waals surface area contributed by atoms with Gasteiger partial charge in [-0.2, -0.15) is 4.31 Å². The molecule has 4 aromatic rings. The van der Waals surface area contributed by atoms with Crippen LogP contribution in [0.2, 0.25) is 0 Å². The van der Waals surface area contributed by atoms with Gasteiger partial charge in [-0.3, -0.25) is 9.69 Å². The Morgan fingerprint density at radius 3 is 2.37 bits per heavy atom. The number of benzene rings is 3. The van der Waals surface area contributed by atoms with Crippen molar-refractivity contribution in [3.8, 4) is 0 Å². The van der Waals surface area contributed by atoms with Crippen molar-refractivity contribution in [2.24, 2.45) is 0 Å². The van der Waals surface area contributed by atoms with Gasteiger partial charge >= 0.3 is 0 Å². The molecule has 1 aliphatic heterocycles. The fourth-order valence-corrected chi connectivity index (χ4v) is 7.05. The molecule has 2 atom stereocenters. The molecule has 0 aliphatic carbocycles. The monoisotopic (exact) mass is 557 g/mol. The van der Waals surface area contributed by atoms with Crippen LogP contribution in [0.4, 0.5) is 13.9 Å².